The van der Waals surface area contributed by atoms with Crippen LogP contribution in [-0.2, 0) is 11.3 Å². The van der Waals surface area contributed by atoms with Gasteiger partial charge in [-0.25, -0.2) is 4.79 Å². The van der Waals surface area contributed by atoms with Crippen molar-refractivity contribution >= 4 is 51.9 Å². The van der Waals surface area contributed by atoms with Gasteiger partial charge in [-0.3, -0.25) is 9.69 Å². The Morgan fingerprint density at radius 2 is 1.68 bits per heavy atom. The lowest BCUT2D eigenvalue weighted by Gasteiger charge is -2.35. The van der Waals surface area contributed by atoms with Crippen molar-refractivity contribution in [3.63, 3.8) is 0 Å². The van der Waals surface area contributed by atoms with E-state index in [-0.39, 0.29) is 12.0 Å². The zero-order valence-electron chi connectivity index (χ0n) is 22.7. The van der Waals surface area contributed by atoms with Gasteiger partial charge in [-0.05, 0) is 74.9 Å². The summed E-state index contributed by atoms with van der Waals surface area (Å²) in [4.78, 5) is 29.4. The van der Waals surface area contributed by atoms with Crippen LogP contribution in [0.3, 0.4) is 0 Å². The average Bonchev–Trinajstić information content (AvgIpc) is 3.33. The van der Waals surface area contributed by atoms with Crippen LogP contribution in [0.4, 0.5) is 10.5 Å². The molecule has 1 saturated heterocycles. The molecule has 7 nitrogen and oxygen atoms in total. The monoisotopic (exact) mass is 579 g/mol. The van der Waals surface area contributed by atoms with Gasteiger partial charge in [0.2, 0.25) is 0 Å². The minimum Gasteiger partial charge on any atom is -0.456 e. The molecule has 208 valence electrons. The van der Waals surface area contributed by atoms with E-state index in [9.17, 15) is 9.59 Å². The number of ether oxygens (including phenoxy) is 1. The largest absolute Gasteiger partial charge is 0.456 e. The molecule has 0 aliphatic carbocycles. The SMILES string of the molecule is CC(C)(C)OC(=O)N1CCN(Cc2ccc3oc(-c4ccccc4NC(=O)c4ccc(Cl)c(Cl)c4)cc3c2)CC1. The fraction of sp³-hybridized carbons (Fsp3) is 0.290. The van der Waals surface area contributed by atoms with Crippen LogP contribution in [0.2, 0.25) is 10.0 Å². The lowest BCUT2D eigenvalue weighted by atomic mass is 10.1. The molecular formula is C31H31Cl2N3O4. The zero-order chi connectivity index (χ0) is 28.4. The average molecular weight is 581 g/mol. The van der Waals surface area contributed by atoms with E-state index in [0.717, 1.165) is 41.7 Å². The number of carbonyl (C=O) groups is 2. The van der Waals surface area contributed by atoms with Gasteiger partial charge in [-0.2, -0.15) is 0 Å². The summed E-state index contributed by atoms with van der Waals surface area (Å²) in [7, 11) is 0. The molecule has 9 heteroatoms. The molecule has 0 atom stereocenters. The van der Waals surface area contributed by atoms with Gasteiger partial charge in [0.15, 0.2) is 0 Å². The molecule has 0 spiro atoms. The Labute approximate surface area is 243 Å². The van der Waals surface area contributed by atoms with Crippen LogP contribution in [0.25, 0.3) is 22.3 Å². The second kappa shape index (κ2) is 11.5. The van der Waals surface area contributed by atoms with E-state index in [2.05, 4.69) is 22.3 Å². The number of halogens is 2. The molecule has 1 N–H and O–H groups in total. The molecule has 0 bridgehead atoms. The van der Waals surface area contributed by atoms with Crippen LogP contribution in [0.5, 0.6) is 0 Å². The first-order valence-electron chi connectivity index (χ1n) is 13.1. The summed E-state index contributed by atoms with van der Waals surface area (Å²) in [6, 6.07) is 20.4. The highest BCUT2D eigenvalue weighted by atomic mass is 35.5. The molecule has 0 radical (unpaired) electrons. The van der Waals surface area contributed by atoms with E-state index < -0.39 is 5.60 Å². The summed E-state index contributed by atoms with van der Waals surface area (Å²) in [5.41, 5.74) is 3.23. The van der Waals surface area contributed by atoms with E-state index in [0.29, 0.717) is 40.1 Å². The van der Waals surface area contributed by atoms with Crippen molar-refractivity contribution in [2.75, 3.05) is 31.5 Å². The normalized spacial score (nSPS) is 14.4. The van der Waals surface area contributed by atoms with Crippen molar-refractivity contribution in [2.24, 2.45) is 0 Å². The number of amides is 2. The number of nitrogens with zero attached hydrogens (tertiary/aromatic N) is 2. The van der Waals surface area contributed by atoms with Crippen molar-refractivity contribution in [3.05, 3.63) is 87.9 Å². The number of para-hydroxylation sites is 1. The van der Waals surface area contributed by atoms with Crippen LogP contribution in [0, 0.1) is 0 Å². The standard InChI is InChI=1S/C31H31Cl2N3O4/c1-31(2,3)40-30(38)36-14-12-35(13-15-36)19-20-8-11-27-22(16-20)18-28(39-27)23-6-4-5-7-26(23)34-29(37)21-9-10-24(32)25(33)17-21/h4-11,16-18H,12-15,19H2,1-3H3,(H,34,37). The Kier molecular flexibility index (Phi) is 8.08. The van der Waals surface area contributed by atoms with Crippen molar-refractivity contribution in [2.45, 2.75) is 32.9 Å². The van der Waals surface area contributed by atoms with E-state index in [1.54, 1.807) is 23.1 Å². The van der Waals surface area contributed by atoms with Gasteiger partial charge in [0.25, 0.3) is 5.91 Å². The Hall–Kier alpha value is -3.52. The van der Waals surface area contributed by atoms with Crippen molar-refractivity contribution < 1.29 is 18.7 Å². The fourth-order valence-electron chi connectivity index (χ4n) is 4.64. The summed E-state index contributed by atoms with van der Waals surface area (Å²) in [6.07, 6.45) is -0.257. The maximum absolute atomic E-state index is 12.9. The van der Waals surface area contributed by atoms with Gasteiger partial charge in [0, 0.05) is 49.2 Å². The molecule has 2 amide bonds. The van der Waals surface area contributed by atoms with E-state index in [4.69, 9.17) is 32.4 Å². The van der Waals surface area contributed by atoms with Crippen molar-refractivity contribution in [1.82, 2.24) is 9.80 Å². The number of anilines is 1. The number of hydrogen-bond donors (Lipinski definition) is 1. The number of rotatable bonds is 5. The molecular weight excluding hydrogens is 549 g/mol. The van der Waals surface area contributed by atoms with Gasteiger partial charge in [0.05, 0.1) is 15.7 Å². The number of nitrogens with one attached hydrogen (secondary N) is 1. The molecule has 1 aromatic heterocycles. The highest BCUT2D eigenvalue weighted by molar-refractivity contribution is 6.42. The maximum Gasteiger partial charge on any atom is 0.410 e. The van der Waals surface area contributed by atoms with E-state index in [1.165, 1.54) is 0 Å². The maximum atomic E-state index is 12.9. The first-order valence-corrected chi connectivity index (χ1v) is 13.9. The summed E-state index contributed by atoms with van der Waals surface area (Å²) in [5, 5.41) is 4.65. The number of carbonyl (C=O) groups excluding carboxylic acids is 2. The molecule has 0 unspecified atom stereocenters. The fourth-order valence-corrected chi connectivity index (χ4v) is 4.93. The lowest BCUT2D eigenvalue weighted by Crippen LogP contribution is -2.49. The zero-order valence-corrected chi connectivity index (χ0v) is 24.2. The molecule has 2 heterocycles. The number of hydrogen-bond acceptors (Lipinski definition) is 5. The van der Waals surface area contributed by atoms with Gasteiger partial charge >= 0.3 is 6.09 Å². The number of fused-ring (bicyclic) bond motifs is 1. The van der Waals surface area contributed by atoms with Crippen molar-refractivity contribution in [1.29, 1.82) is 0 Å². The van der Waals surface area contributed by atoms with Gasteiger partial charge < -0.3 is 19.4 Å². The van der Waals surface area contributed by atoms with Crippen LogP contribution >= 0.6 is 23.2 Å². The predicted molar refractivity (Wildman–Crippen MR) is 159 cm³/mol. The van der Waals surface area contributed by atoms with E-state index in [1.807, 2.05) is 57.2 Å². The summed E-state index contributed by atoms with van der Waals surface area (Å²) in [5.74, 6) is 0.361. The van der Waals surface area contributed by atoms with Crippen LogP contribution in [0.1, 0.15) is 36.7 Å². The molecule has 1 aliphatic heterocycles. The van der Waals surface area contributed by atoms with Crippen LogP contribution in [0.15, 0.2) is 71.1 Å². The second-order valence-corrected chi connectivity index (χ2v) is 11.7. The highest BCUT2D eigenvalue weighted by Gasteiger charge is 2.26. The first kappa shape index (κ1) is 28.0. The number of benzene rings is 3. The minimum absolute atomic E-state index is 0.257. The molecule has 0 saturated carbocycles. The molecule has 40 heavy (non-hydrogen) atoms. The van der Waals surface area contributed by atoms with Crippen LogP contribution in [-0.4, -0.2) is 53.6 Å². The minimum atomic E-state index is -0.496. The summed E-state index contributed by atoms with van der Waals surface area (Å²) >= 11 is 12.1. The summed E-state index contributed by atoms with van der Waals surface area (Å²) in [6.45, 7) is 9.24. The smallest absolute Gasteiger partial charge is 0.410 e. The van der Waals surface area contributed by atoms with Crippen LogP contribution < -0.4 is 5.32 Å². The quantitative estimate of drug-likeness (QED) is 0.262. The molecule has 4 aromatic rings. The first-order chi connectivity index (χ1) is 19.1. The highest BCUT2D eigenvalue weighted by Crippen LogP contribution is 2.34. The van der Waals surface area contributed by atoms with Crippen molar-refractivity contribution in [3.8, 4) is 11.3 Å². The Balaban J connectivity index is 1.27. The molecule has 5 rings (SSSR count). The Morgan fingerprint density at radius 1 is 0.925 bits per heavy atom. The van der Waals surface area contributed by atoms with Gasteiger partial charge in [-0.15, -0.1) is 0 Å². The number of piperazine rings is 1. The third-order valence-electron chi connectivity index (χ3n) is 6.63. The number of furan rings is 1. The Morgan fingerprint density at radius 3 is 2.40 bits per heavy atom. The third kappa shape index (κ3) is 6.61. The van der Waals surface area contributed by atoms with Gasteiger partial charge in [-0.1, -0.05) is 41.4 Å². The lowest BCUT2D eigenvalue weighted by molar-refractivity contribution is 0.0139. The predicted octanol–water partition coefficient (Wildman–Crippen LogP) is 7.71. The summed E-state index contributed by atoms with van der Waals surface area (Å²) < 4.78 is 11.7. The third-order valence-corrected chi connectivity index (χ3v) is 7.37. The molecule has 1 aliphatic rings. The molecule has 1 fully saturated rings. The molecule has 3 aromatic carbocycles. The second-order valence-electron chi connectivity index (χ2n) is 10.9. The topological polar surface area (TPSA) is 75.0 Å². The Bertz CT molecular complexity index is 1550. The van der Waals surface area contributed by atoms with E-state index >= 15 is 0 Å². The van der Waals surface area contributed by atoms with Gasteiger partial charge in [0.1, 0.15) is 16.9 Å².